The number of aromatic nitrogens is 1. The van der Waals surface area contributed by atoms with E-state index in [9.17, 15) is 0 Å². The van der Waals surface area contributed by atoms with Crippen LogP contribution in [0, 0.1) is 6.92 Å². The molecule has 0 aliphatic heterocycles. The van der Waals surface area contributed by atoms with Gasteiger partial charge in [-0.05, 0) is 41.9 Å². The van der Waals surface area contributed by atoms with Gasteiger partial charge in [0.25, 0.3) is 0 Å². The number of fused-ring (bicyclic) bond motifs is 1. The lowest BCUT2D eigenvalue weighted by atomic mass is 10.1. The summed E-state index contributed by atoms with van der Waals surface area (Å²) in [6.45, 7) is 2.16. The first-order valence-corrected chi connectivity index (χ1v) is 6.75. The van der Waals surface area contributed by atoms with Crippen molar-refractivity contribution in [2.24, 2.45) is 0 Å². The molecule has 0 amide bonds. The van der Waals surface area contributed by atoms with Gasteiger partial charge in [-0.15, -0.1) is 0 Å². The van der Waals surface area contributed by atoms with E-state index in [1.54, 1.807) is 0 Å². The Labute approximate surface area is 104 Å². The molecule has 2 rings (SSSR count). The molecule has 0 atom stereocenters. The highest BCUT2D eigenvalue weighted by Crippen LogP contribution is 2.18. The lowest BCUT2D eigenvalue weighted by Crippen LogP contribution is -1.93. The van der Waals surface area contributed by atoms with Crippen molar-refractivity contribution in [2.45, 2.75) is 19.8 Å². The fourth-order valence-electron chi connectivity index (χ4n) is 1.80. The highest BCUT2D eigenvalue weighted by Gasteiger charge is 2.01. The third-order valence-electron chi connectivity index (χ3n) is 2.54. The van der Waals surface area contributed by atoms with Crippen LogP contribution < -0.4 is 0 Å². The highest BCUT2D eigenvalue weighted by atomic mass is 127. The number of hydrogen-bond acceptors (Lipinski definition) is 1. The molecule has 0 radical (unpaired) electrons. The van der Waals surface area contributed by atoms with Crippen molar-refractivity contribution in [1.82, 2.24) is 4.98 Å². The number of rotatable bonds is 3. The number of benzene rings is 1. The number of halogens is 1. The Kier molecular flexibility index (Phi) is 3.57. The van der Waals surface area contributed by atoms with Crippen LogP contribution in [0.15, 0.2) is 30.3 Å². The van der Waals surface area contributed by atoms with Crippen molar-refractivity contribution in [3.63, 3.8) is 0 Å². The second kappa shape index (κ2) is 4.92. The van der Waals surface area contributed by atoms with E-state index >= 15 is 0 Å². The van der Waals surface area contributed by atoms with Crippen LogP contribution in [0.3, 0.4) is 0 Å². The van der Waals surface area contributed by atoms with Crippen LogP contribution in [0.2, 0.25) is 0 Å². The zero-order valence-corrected chi connectivity index (χ0v) is 11.0. The summed E-state index contributed by atoms with van der Waals surface area (Å²) in [5, 5.41) is 1.27. The van der Waals surface area contributed by atoms with Gasteiger partial charge in [0.15, 0.2) is 0 Å². The van der Waals surface area contributed by atoms with E-state index in [2.05, 4.69) is 64.8 Å². The van der Waals surface area contributed by atoms with E-state index in [4.69, 9.17) is 0 Å². The molecule has 0 N–H and O–H groups in total. The minimum Gasteiger partial charge on any atom is -0.253 e. The predicted molar refractivity (Wildman–Crippen MR) is 73.7 cm³/mol. The Morgan fingerprint density at radius 3 is 2.87 bits per heavy atom. The summed E-state index contributed by atoms with van der Waals surface area (Å²) in [4.78, 5) is 4.67. The molecule has 0 aliphatic carbocycles. The van der Waals surface area contributed by atoms with Gasteiger partial charge in [0.1, 0.15) is 0 Å². The largest absolute Gasteiger partial charge is 0.253 e. The molecule has 2 heteroatoms. The van der Waals surface area contributed by atoms with Crippen molar-refractivity contribution in [3.05, 3.63) is 41.6 Å². The van der Waals surface area contributed by atoms with Crippen molar-refractivity contribution >= 4 is 33.5 Å². The summed E-state index contributed by atoms with van der Waals surface area (Å²) in [6, 6.07) is 10.6. The standard InChI is InChI=1S/C13H14IN/c1-10-9-11(5-4-8-14)15-13-7-3-2-6-12(10)13/h2-3,6-7,9H,4-5,8H2,1H3. The van der Waals surface area contributed by atoms with Crippen LogP contribution in [0.4, 0.5) is 0 Å². The van der Waals surface area contributed by atoms with E-state index in [1.807, 2.05) is 0 Å². The van der Waals surface area contributed by atoms with Crippen LogP contribution in [-0.4, -0.2) is 9.41 Å². The van der Waals surface area contributed by atoms with Gasteiger partial charge in [-0.1, -0.05) is 40.8 Å². The van der Waals surface area contributed by atoms with E-state index in [0.29, 0.717) is 0 Å². The molecule has 1 aromatic heterocycles. The Morgan fingerprint density at radius 2 is 2.07 bits per heavy atom. The number of nitrogens with zero attached hydrogens (tertiary/aromatic N) is 1. The van der Waals surface area contributed by atoms with Gasteiger partial charge in [0.05, 0.1) is 5.52 Å². The highest BCUT2D eigenvalue weighted by molar-refractivity contribution is 14.1. The molecule has 0 fully saturated rings. The molecular weight excluding hydrogens is 297 g/mol. The first kappa shape index (κ1) is 10.9. The Morgan fingerprint density at radius 1 is 1.27 bits per heavy atom. The van der Waals surface area contributed by atoms with E-state index in [1.165, 1.54) is 27.5 Å². The molecule has 1 aromatic carbocycles. The van der Waals surface area contributed by atoms with Crippen molar-refractivity contribution in [3.8, 4) is 0 Å². The molecule has 0 saturated heterocycles. The Bertz CT molecular complexity index is 465. The van der Waals surface area contributed by atoms with Crippen LogP contribution in [0.5, 0.6) is 0 Å². The number of pyridine rings is 1. The molecule has 2 aromatic rings. The quantitative estimate of drug-likeness (QED) is 0.618. The maximum Gasteiger partial charge on any atom is 0.0707 e. The lowest BCUT2D eigenvalue weighted by Gasteiger charge is -2.05. The number of aryl methyl sites for hydroxylation is 2. The third kappa shape index (κ3) is 2.48. The number of para-hydroxylation sites is 1. The van der Waals surface area contributed by atoms with Gasteiger partial charge in [0, 0.05) is 11.1 Å². The normalized spacial score (nSPS) is 10.8. The summed E-state index contributed by atoms with van der Waals surface area (Å²) < 4.78 is 1.20. The topological polar surface area (TPSA) is 12.9 Å². The summed E-state index contributed by atoms with van der Waals surface area (Å²) in [5.41, 5.74) is 3.69. The zero-order chi connectivity index (χ0) is 10.7. The molecule has 78 valence electrons. The molecular formula is C13H14IN. The average Bonchev–Trinajstić information content (AvgIpc) is 2.26. The molecule has 0 aliphatic rings. The predicted octanol–water partition coefficient (Wildman–Crippen LogP) is 3.91. The second-order valence-electron chi connectivity index (χ2n) is 3.74. The monoisotopic (exact) mass is 311 g/mol. The average molecular weight is 311 g/mol. The van der Waals surface area contributed by atoms with E-state index in [0.717, 1.165) is 11.9 Å². The van der Waals surface area contributed by atoms with Gasteiger partial charge in [-0.3, -0.25) is 4.98 Å². The van der Waals surface area contributed by atoms with E-state index in [-0.39, 0.29) is 0 Å². The van der Waals surface area contributed by atoms with E-state index < -0.39 is 0 Å². The van der Waals surface area contributed by atoms with Crippen LogP contribution >= 0.6 is 22.6 Å². The van der Waals surface area contributed by atoms with Gasteiger partial charge >= 0.3 is 0 Å². The minimum atomic E-state index is 1.09. The van der Waals surface area contributed by atoms with Gasteiger partial charge < -0.3 is 0 Å². The van der Waals surface area contributed by atoms with Crippen molar-refractivity contribution in [1.29, 1.82) is 0 Å². The number of hydrogen-bond donors (Lipinski definition) is 0. The summed E-state index contributed by atoms with van der Waals surface area (Å²) in [7, 11) is 0. The zero-order valence-electron chi connectivity index (χ0n) is 8.83. The Hall–Kier alpha value is -0.640. The van der Waals surface area contributed by atoms with Gasteiger partial charge in [-0.25, -0.2) is 0 Å². The SMILES string of the molecule is Cc1cc(CCCI)nc2ccccc12. The number of alkyl halides is 1. The first-order valence-electron chi connectivity index (χ1n) is 5.22. The fraction of sp³-hybridized carbons (Fsp3) is 0.308. The molecule has 0 saturated carbocycles. The molecule has 1 heterocycles. The molecule has 0 bridgehead atoms. The third-order valence-corrected chi connectivity index (χ3v) is 3.31. The van der Waals surface area contributed by atoms with Crippen molar-refractivity contribution in [2.75, 3.05) is 4.43 Å². The summed E-state index contributed by atoms with van der Waals surface area (Å²) in [5.74, 6) is 0. The smallest absolute Gasteiger partial charge is 0.0707 e. The maximum atomic E-state index is 4.67. The maximum absolute atomic E-state index is 4.67. The Balaban J connectivity index is 2.43. The molecule has 0 unspecified atom stereocenters. The first-order chi connectivity index (χ1) is 7.31. The van der Waals surface area contributed by atoms with Gasteiger partial charge in [0.2, 0.25) is 0 Å². The second-order valence-corrected chi connectivity index (χ2v) is 4.82. The molecule has 15 heavy (non-hydrogen) atoms. The van der Waals surface area contributed by atoms with Crippen molar-refractivity contribution < 1.29 is 0 Å². The summed E-state index contributed by atoms with van der Waals surface area (Å²) >= 11 is 2.41. The van der Waals surface area contributed by atoms with Crippen LogP contribution in [0.1, 0.15) is 17.7 Å². The van der Waals surface area contributed by atoms with Crippen LogP contribution in [-0.2, 0) is 6.42 Å². The fourth-order valence-corrected chi connectivity index (χ4v) is 2.18. The summed E-state index contributed by atoms with van der Waals surface area (Å²) in [6.07, 6.45) is 2.31. The van der Waals surface area contributed by atoms with Gasteiger partial charge in [-0.2, -0.15) is 0 Å². The van der Waals surface area contributed by atoms with Crippen LogP contribution in [0.25, 0.3) is 10.9 Å². The molecule has 0 spiro atoms. The molecule has 1 nitrogen and oxygen atoms in total. The lowest BCUT2D eigenvalue weighted by molar-refractivity contribution is 0.908. The minimum absolute atomic E-state index is 1.09.